The Balaban J connectivity index is 0.000000471. The lowest BCUT2D eigenvalue weighted by Crippen LogP contribution is -1.96. The largest absolute Gasteiger partial charge is 0.396 e. The monoisotopic (exact) mass is 298 g/mol. The molecule has 0 aliphatic carbocycles. The molecule has 4 heteroatoms. The average molecular weight is 298 g/mol. The molecule has 0 fully saturated rings. The van der Waals surface area contributed by atoms with Gasteiger partial charge in [-0.1, -0.05) is 71.1 Å². The van der Waals surface area contributed by atoms with Crippen LogP contribution in [-0.4, -0.2) is 23.7 Å². The molecule has 1 heterocycles. The molecule has 1 aliphatic rings. The van der Waals surface area contributed by atoms with Crippen molar-refractivity contribution >= 4 is 11.9 Å². The predicted octanol–water partition coefficient (Wildman–Crippen LogP) is 3.92. The maximum Gasteiger partial charge on any atom is 0.338 e. The molecule has 0 saturated carbocycles. The summed E-state index contributed by atoms with van der Waals surface area (Å²) in [5, 5.41) is 8.59. The fourth-order valence-electron chi connectivity index (χ4n) is 2.08. The van der Waals surface area contributed by atoms with E-state index in [4.69, 9.17) is 5.11 Å². The number of hydrogen-bond donors (Lipinski definition) is 1. The Morgan fingerprint density at radius 1 is 0.762 bits per heavy atom. The van der Waals surface area contributed by atoms with Gasteiger partial charge in [0.25, 0.3) is 0 Å². The molecule has 0 radical (unpaired) electrons. The van der Waals surface area contributed by atoms with Gasteiger partial charge in [-0.25, -0.2) is 9.59 Å². The van der Waals surface area contributed by atoms with Crippen LogP contribution in [0.5, 0.6) is 0 Å². The molecule has 0 aromatic heterocycles. The number of hydrogen-bond acceptors (Lipinski definition) is 4. The first kappa shape index (κ1) is 19.8. The average Bonchev–Trinajstić information content (AvgIpc) is 2.85. The molecular weight excluding hydrogens is 268 g/mol. The van der Waals surface area contributed by atoms with Gasteiger partial charge < -0.3 is 9.84 Å². The van der Waals surface area contributed by atoms with Crippen LogP contribution in [0.15, 0.2) is 12.2 Å². The van der Waals surface area contributed by atoms with E-state index in [9.17, 15) is 9.59 Å². The first-order chi connectivity index (χ1) is 10.2. The smallest absolute Gasteiger partial charge is 0.338 e. The van der Waals surface area contributed by atoms with Crippen LogP contribution in [0, 0.1) is 0 Å². The standard InChI is InChI=1S/C13H28O.C4H2O3/c1-2-3-4-5-6-7-8-9-10-11-12-13-14;5-3-1-2-4(6)7-3/h14H,2-13H2,1H3;1-2H. The van der Waals surface area contributed by atoms with Gasteiger partial charge in [0, 0.05) is 18.8 Å². The minimum Gasteiger partial charge on any atom is -0.396 e. The van der Waals surface area contributed by atoms with E-state index in [1.165, 1.54) is 64.2 Å². The van der Waals surface area contributed by atoms with Crippen molar-refractivity contribution in [1.29, 1.82) is 0 Å². The van der Waals surface area contributed by atoms with Crippen molar-refractivity contribution < 1.29 is 19.4 Å². The molecule has 0 aromatic rings. The van der Waals surface area contributed by atoms with Gasteiger partial charge in [-0.05, 0) is 6.42 Å². The van der Waals surface area contributed by atoms with E-state index < -0.39 is 11.9 Å². The van der Waals surface area contributed by atoms with Crippen molar-refractivity contribution in [3.05, 3.63) is 12.2 Å². The number of rotatable bonds is 11. The van der Waals surface area contributed by atoms with Crippen LogP contribution in [0.4, 0.5) is 0 Å². The number of cyclic esters (lactones) is 2. The summed E-state index contributed by atoms with van der Waals surface area (Å²) >= 11 is 0. The molecule has 0 aromatic carbocycles. The number of aliphatic hydroxyl groups excluding tert-OH is 1. The van der Waals surface area contributed by atoms with Gasteiger partial charge in [0.2, 0.25) is 0 Å². The Morgan fingerprint density at radius 3 is 1.43 bits per heavy atom. The molecule has 1 aliphatic heterocycles. The van der Waals surface area contributed by atoms with Gasteiger partial charge in [-0.2, -0.15) is 0 Å². The SMILES string of the molecule is CCCCCCCCCCCCCO.O=C1C=CC(=O)O1. The summed E-state index contributed by atoms with van der Waals surface area (Å²) in [5.41, 5.74) is 0. The molecule has 0 spiro atoms. The van der Waals surface area contributed by atoms with Crippen LogP contribution in [0.3, 0.4) is 0 Å². The summed E-state index contributed by atoms with van der Waals surface area (Å²) in [6.45, 7) is 2.64. The highest BCUT2D eigenvalue weighted by Gasteiger charge is 2.10. The fourth-order valence-corrected chi connectivity index (χ4v) is 2.08. The van der Waals surface area contributed by atoms with E-state index in [1.807, 2.05) is 0 Å². The first-order valence-electron chi connectivity index (χ1n) is 8.25. The quantitative estimate of drug-likeness (QED) is 0.357. The Hall–Kier alpha value is -1.16. The Labute approximate surface area is 128 Å². The molecule has 122 valence electrons. The van der Waals surface area contributed by atoms with Crippen LogP contribution in [0.1, 0.15) is 77.6 Å². The molecule has 0 bridgehead atoms. The normalized spacial score (nSPS) is 13.0. The number of esters is 2. The number of carbonyl (C=O) groups is 2. The summed E-state index contributed by atoms with van der Waals surface area (Å²) in [6.07, 6.45) is 16.9. The summed E-state index contributed by atoms with van der Waals surface area (Å²) in [4.78, 5) is 19.8. The van der Waals surface area contributed by atoms with Gasteiger partial charge in [0.05, 0.1) is 0 Å². The van der Waals surface area contributed by atoms with Crippen LogP contribution in [0.2, 0.25) is 0 Å². The lowest BCUT2D eigenvalue weighted by molar-refractivity contribution is -0.150. The lowest BCUT2D eigenvalue weighted by Gasteiger charge is -2.01. The molecule has 21 heavy (non-hydrogen) atoms. The molecule has 4 nitrogen and oxygen atoms in total. The Morgan fingerprint density at radius 2 is 1.14 bits per heavy atom. The van der Waals surface area contributed by atoms with E-state index in [1.54, 1.807) is 0 Å². The number of unbranched alkanes of at least 4 members (excludes halogenated alkanes) is 10. The molecule has 0 amide bonds. The molecule has 1 rings (SSSR count). The highest BCUT2D eigenvalue weighted by molar-refractivity contribution is 6.04. The van der Waals surface area contributed by atoms with Crippen LogP contribution < -0.4 is 0 Å². The summed E-state index contributed by atoms with van der Waals surface area (Å²) in [6, 6.07) is 0. The number of aliphatic hydroxyl groups is 1. The topological polar surface area (TPSA) is 63.6 Å². The molecular formula is C17H30O4. The minimum absolute atomic E-state index is 0.372. The van der Waals surface area contributed by atoms with E-state index >= 15 is 0 Å². The second-order valence-electron chi connectivity index (χ2n) is 5.33. The summed E-state index contributed by atoms with van der Waals surface area (Å²) < 4.78 is 3.97. The lowest BCUT2D eigenvalue weighted by atomic mass is 10.1. The Bertz CT molecular complexity index is 269. The van der Waals surface area contributed by atoms with Crippen LogP contribution in [-0.2, 0) is 14.3 Å². The van der Waals surface area contributed by atoms with Gasteiger partial charge in [-0.15, -0.1) is 0 Å². The maximum atomic E-state index is 9.92. The van der Waals surface area contributed by atoms with Gasteiger partial charge in [0.1, 0.15) is 0 Å². The van der Waals surface area contributed by atoms with Crippen molar-refractivity contribution in [2.75, 3.05) is 6.61 Å². The highest BCUT2D eigenvalue weighted by atomic mass is 16.6. The number of carbonyl (C=O) groups excluding carboxylic acids is 2. The van der Waals surface area contributed by atoms with Gasteiger partial charge >= 0.3 is 11.9 Å². The van der Waals surface area contributed by atoms with Crippen molar-refractivity contribution in [3.8, 4) is 0 Å². The van der Waals surface area contributed by atoms with Crippen molar-refractivity contribution in [2.24, 2.45) is 0 Å². The summed E-state index contributed by atoms with van der Waals surface area (Å²) in [5.74, 6) is -1.16. The van der Waals surface area contributed by atoms with Gasteiger partial charge in [-0.3, -0.25) is 0 Å². The molecule has 0 atom stereocenters. The van der Waals surface area contributed by atoms with E-state index in [0.29, 0.717) is 6.61 Å². The third-order valence-electron chi connectivity index (χ3n) is 3.32. The minimum atomic E-state index is -0.579. The van der Waals surface area contributed by atoms with E-state index in [0.717, 1.165) is 18.6 Å². The van der Waals surface area contributed by atoms with Gasteiger partial charge in [0.15, 0.2) is 0 Å². The molecule has 0 saturated heterocycles. The van der Waals surface area contributed by atoms with Crippen molar-refractivity contribution in [1.82, 2.24) is 0 Å². The third-order valence-corrected chi connectivity index (χ3v) is 3.32. The van der Waals surface area contributed by atoms with Crippen LogP contribution >= 0.6 is 0 Å². The van der Waals surface area contributed by atoms with Crippen molar-refractivity contribution in [3.63, 3.8) is 0 Å². The third kappa shape index (κ3) is 15.1. The second-order valence-corrected chi connectivity index (χ2v) is 5.33. The number of ether oxygens (including phenoxy) is 1. The zero-order valence-corrected chi connectivity index (χ0v) is 13.3. The molecule has 1 N–H and O–H groups in total. The molecule has 0 unspecified atom stereocenters. The summed E-state index contributed by atoms with van der Waals surface area (Å²) in [7, 11) is 0. The predicted molar refractivity (Wildman–Crippen MR) is 83.8 cm³/mol. The van der Waals surface area contributed by atoms with E-state index in [-0.39, 0.29) is 0 Å². The highest BCUT2D eigenvalue weighted by Crippen LogP contribution is 2.10. The maximum absolute atomic E-state index is 9.92. The fraction of sp³-hybridized carbons (Fsp3) is 0.765. The van der Waals surface area contributed by atoms with E-state index in [2.05, 4.69) is 11.7 Å². The Kier molecular flexibility index (Phi) is 14.4. The first-order valence-corrected chi connectivity index (χ1v) is 8.25. The zero-order valence-electron chi connectivity index (χ0n) is 13.3. The second kappa shape index (κ2) is 15.2. The van der Waals surface area contributed by atoms with Crippen molar-refractivity contribution in [2.45, 2.75) is 77.6 Å². The zero-order chi connectivity index (χ0) is 15.8. The van der Waals surface area contributed by atoms with Crippen LogP contribution in [0.25, 0.3) is 0 Å².